The third-order valence-electron chi connectivity index (χ3n) is 2.69. The number of halogens is 2. The Kier molecular flexibility index (Phi) is 3.05. The Labute approximate surface area is 114 Å². The molecule has 0 unspecified atom stereocenters. The molecule has 0 amide bonds. The first kappa shape index (κ1) is 11.9. The van der Waals surface area contributed by atoms with Crippen molar-refractivity contribution in [2.45, 2.75) is 0 Å². The summed E-state index contributed by atoms with van der Waals surface area (Å²) >= 11 is 5.53. The molecule has 0 spiro atoms. The van der Waals surface area contributed by atoms with Crippen LogP contribution in [0.15, 0.2) is 59.2 Å². The highest BCUT2D eigenvalue weighted by molar-refractivity contribution is 6.27. The van der Waals surface area contributed by atoms with Gasteiger partial charge >= 0.3 is 0 Å². The molecule has 1 aromatic heterocycles. The largest absolute Gasteiger partial charge is 0.436 e. The first-order chi connectivity index (χ1) is 9.22. The smallest absolute Gasteiger partial charge is 0.292 e. The van der Waals surface area contributed by atoms with Crippen LogP contribution in [-0.4, -0.2) is 4.98 Å². The van der Waals surface area contributed by atoms with E-state index in [0.29, 0.717) is 0 Å². The summed E-state index contributed by atoms with van der Waals surface area (Å²) in [5, 5.41) is 0.175. The lowest BCUT2D eigenvalue weighted by molar-refractivity contribution is 0.560. The average Bonchev–Trinajstić information content (AvgIpc) is 2.85. The second kappa shape index (κ2) is 4.86. The summed E-state index contributed by atoms with van der Waals surface area (Å²) < 4.78 is 16.8. The summed E-state index contributed by atoms with van der Waals surface area (Å²) in [6, 6.07) is 14.8. The number of benzene rings is 2. The van der Waals surface area contributed by atoms with Crippen molar-refractivity contribution in [3.8, 4) is 22.4 Å². The van der Waals surface area contributed by atoms with E-state index in [0.717, 1.165) is 22.4 Å². The predicted molar refractivity (Wildman–Crippen MR) is 72.3 cm³/mol. The molecule has 0 radical (unpaired) electrons. The average molecular weight is 274 g/mol. The molecule has 1 heterocycles. The molecule has 0 N–H and O–H groups in total. The molecule has 0 bridgehead atoms. The molecule has 2 aromatic rings. The number of hydrogen-bond acceptors (Lipinski definition) is 2. The van der Waals surface area contributed by atoms with Gasteiger partial charge in [0.25, 0.3) is 5.35 Å². The second-order valence-electron chi connectivity index (χ2n) is 4.08. The normalized spacial score (nSPS) is 10.6. The first-order valence-corrected chi connectivity index (χ1v) is 6.07. The molecule has 0 fully saturated rings. The predicted octanol–water partition coefficient (Wildman–Crippen LogP) is 4.80. The Morgan fingerprint density at radius 1 is 0.947 bits per heavy atom. The molecule has 1 aromatic carbocycles. The van der Waals surface area contributed by atoms with Crippen LogP contribution in [0.1, 0.15) is 0 Å². The topological polar surface area (TPSA) is 26.0 Å². The van der Waals surface area contributed by atoms with E-state index in [-0.39, 0.29) is 11.2 Å². The van der Waals surface area contributed by atoms with Gasteiger partial charge < -0.3 is 4.42 Å². The Balaban J connectivity index is 0.000000132. The first-order valence-electron chi connectivity index (χ1n) is 5.70. The van der Waals surface area contributed by atoms with Crippen LogP contribution in [0, 0.1) is 5.82 Å². The highest BCUT2D eigenvalue weighted by atomic mass is 35.5. The van der Waals surface area contributed by atoms with Crippen molar-refractivity contribution in [2.24, 2.45) is 0 Å². The molecule has 19 heavy (non-hydrogen) atoms. The lowest BCUT2D eigenvalue weighted by atomic mass is 10.2. The maximum absolute atomic E-state index is 11.9. The van der Waals surface area contributed by atoms with Gasteiger partial charge in [-0.2, -0.15) is 4.98 Å². The highest BCUT2D eigenvalue weighted by Crippen LogP contribution is 2.34. The van der Waals surface area contributed by atoms with E-state index >= 15 is 0 Å². The number of oxazole rings is 1. The number of rotatable bonds is 1. The van der Waals surface area contributed by atoms with Crippen LogP contribution in [0.2, 0.25) is 5.35 Å². The van der Waals surface area contributed by atoms with Crippen molar-refractivity contribution < 1.29 is 8.81 Å². The molecule has 0 saturated carbocycles. The van der Waals surface area contributed by atoms with E-state index in [1.165, 1.54) is 18.4 Å². The minimum atomic E-state index is -0.104. The van der Waals surface area contributed by atoms with Gasteiger partial charge in [0.15, 0.2) is 0 Å². The zero-order valence-corrected chi connectivity index (χ0v) is 10.6. The fraction of sp³-hybridized carbons (Fsp3) is 0. The monoisotopic (exact) mass is 273 g/mol. The van der Waals surface area contributed by atoms with E-state index in [4.69, 9.17) is 16.0 Å². The summed E-state index contributed by atoms with van der Waals surface area (Å²) in [7, 11) is 0. The van der Waals surface area contributed by atoms with E-state index in [9.17, 15) is 4.39 Å². The van der Waals surface area contributed by atoms with Gasteiger partial charge in [0.2, 0.25) is 0 Å². The van der Waals surface area contributed by atoms with E-state index < -0.39 is 0 Å². The van der Waals surface area contributed by atoms with Crippen molar-refractivity contribution in [1.29, 1.82) is 0 Å². The minimum absolute atomic E-state index is 0.104. The summed E-state index contributed by atoms with van der Waals surface area (Å²) in [5.74, 6) is -0.104. The van der Waals surface area contributed by atoms with Crippen LogP contribution < -0.4 is 0 Å². The fourth-order valence-electron chi connectivity index (χ4n) is 1.71. The molecular formula is C15H9ClFNO. The number of aromatic nitrogens is 1. The third kappa shape index (κ3) is 2.83. The van der Waals surface area contributed by atoms with Gasteiger partial charge in [-0.25, -0.2) is 4.39 Å². The Morgan fingerprint density at radius 2 is 1.63 bits per heavy atom. The van der Waals surface area contributed by atoms with Gasteiger partial charge in [-0.3, -0.25) is 0 Å². The molecule has 4 heteroatoms. The standard InChI is InChI=1S/C9H6ClNO.C6H3F/c10-9-11-8(6-12-9)7-4-2-1-3-5-7;7-6-2-4-1-5(4)3-6/h1-6H;1-3H. The van der Waals surface area contributed by atoms with Crippen molar-refractivity contribution in [3.63, 3.8) is 0 Å². The zero-order valence-electron chi connectivity index (χ0n) is 9.81. The quantitative estimate of drug-likeness (QED) is 0.498. The van der Waals surface area contributed by atoms with Gasteiger partial charge in [-0.15, -0.1) is 0 Å². The Hall–Kier alpha value is -2.13. The number of nitrogens with zero attached hydrogens (tertiary/aromatic N) is 1. The van der Waals surface area contributed by atoms with Crippen LogP contribution in [-0.2, 0) is 0 Å². The van der Waals surface area contributed by atoms with E-state index in [2.05, 4.69) is 4.98 Å². The minimum Gasteiger partial charge on any atom is -0.436 e. The maximum Gasteiger partial charge on any atom is 0.292 e. The van der Waals surface area contributed by atoms with Crippen molar-refractivity contribution in [2.75, 3.05) is 0 Å². The van der Waals surface area contributed by atoms with Crippen molar-refractivity contribution in [3.05, 3.63) is 66.0 Å². The Morgan fingerprint density at radius 3 is 2.11 bits per heavy atom. The van der Waals surface area contributed by atoms with Crippen LogP contribution in [0.25, 0.3) is 22.4 Å². The number of fused-ring (bicyclic) bond motifs is 1. The molecule has 4 rings (SSSR count). The molecule has 2 aliphatic rings. The van der Waals surface area contributed by atoms with Crippen LogP contribution >= 0.6 is 11.6 Å². The van der Waals surface area contributed by atoms with Crippen LogP contribution in [0.4, 0.5) is 4.39 Å². The van der Waals surface area contributed by atoms with Crippen LogP contribution in [0.3, 0.4) is 0 Å². The van der Waals surface area contributed by atoms with Crippen molar-refractivity contribution >= 4 is 11.6 Å². The Bertz CT molecular complexity index is 689. The summed E-state index contributed by atoms with van der Waals surface area (Å²) in [4.78, 5) is 3.98. The van der Waals surface area contributed by atoms with Gasteiger partial charge in [0.05, 0.1) is 0 Å². The molecule has 2 nitrogen and oxygen atoms in total. The molecule has 94 valence electrons. The number of hydrogen-bond donors (Lipinski definition) is 0. The molecule has 0 atom stereocenters. The van der Waals surface area contributed by atoms with Gasteiger partial charge in [-0.05, 0) is 40.9 Å². The molecule has 2 aliphatic carbocycles. The fourth-order valence-corrected chi connectivity index (χ4v) is 1.85. The highest BCUT2D eigenvalue weighted by Gasteiger charge is 2.12. The van der Waals surface area contributed by atoms with Gasteiger partial charge in [-0.1, -0.05) is 30.3 Å². The maximum atomic E-state index is 11.9. The lowest BCUT2D eigenvalue weighted by Crippen LogP contribution is -1.74. The second-order valence-corrected chi connectivity index (χ2v) is 4.40. The van der Waals surface area contributed by atoms with Crippen molar-refractivity contribution in [1.82, 2.24) is 4.98 Å². The molecule has 0 aliphatic heterocycles. The molecule has 0 saturated heterocycles. The van der Waals surface area contributed by atoms with Crippen LogP contribution in [0.5, 0.6) is 0 Å². The van der Waals surface area contributed by atoms with Gasteiger partial charge in [0, 0.05) is 5.56 Å². The third-order valence-corrected chi connectivity index (χ3v) is 2.87. The van der Waals surface area contributed by atoms with E-state index in [1.54, 1.807) is 0 Å². The zero-order chi connectivity index (χ0) is 13.2. The molecular weight excluding hydrogens is 265 g/mol. The van der Waals surface area contributed by atoms with E-state index in [1.807, 2.05) is 36.4 Å². The summed E-state index contributed by atoms with van der Waals surface area (Å²) in [6.45, 7) is 0. The summed E-state index contributed by atoms with van der Waals surface area (Å²) in [6.07, 6.45) is 1.54. The lowest BCUT2D eigenvalue weighted by Gasteiger charge is -1.91. The van der Waals surface area contributed by atoms with Gasteiger partial charge in [0.1, 0.15) is 17.8 Å². The SMILES string of the molecule is Clc1nc(-c2ccccc2)co1.Fc1cc2cc-2c1. The summed E-state index contributed by atoms with van der Waals surface area (Å²) in [5.41, 5.74) is 3.91.